The maximum atomic E-state index is 12.8. The molecule has 0 fully saturated rings. The molecule has 0 bridgehead atoms. The number of ether oxygens (including phenoxy) is 3. The molecular weight excluding hydrogens is 813 g/mol. The molecule has 5 nitrogen and oxygen atoms in total. The van der Waals surface area contributed by atoms with Gasteiger partial charge in [-0.1, -0.05) is 214 Å². The lowest BCUT2D eigenvalue weighted by Crippen LogP contribution is -2.30. The summed E-state index contributed by atoms with van der Waals surface area (Å²) >= 11 is 0. The molecule has 0 saturated heterocycles. The Kier molecular flexibility index (Phi) is 53.0. The Morgan fingerprint density at radius 1 is 0.348 bits per heavy atom. The van der Waals surface area contributed by atoms with Gasteiger partial charge >= 0.3 is 11.9 Å². The van der Waals surface area contributed by atoms with Crippen LogP contribution >= 0.6 is 0 Å². The topological polar surface area (TPSA) is 61.8 Å². The average molecular weight is 915 g/mol. The highest BCUT2D eigenvalue weighted by atomic mass is 16.6. The van der Waals surface area contributed by atoms with Crippen LogP contribution in [0.5, 0.6) is 0 Å². The van der Waals surface area contributed by atoms with Gasteiger partial charge in [0.05, 0.1) is 6.61 Å². The van der Waals surface area contributed by atoms with Crippen molar-refractivity contribution in [2.75, 3.05) is 19.8 Å². The van der Waals surface area contributed by atoms with Gasteiger partial charge in [-0.2, -0.15) is 0 Å². The van der Waals surface area contributed by atoms with E-state index in [0.29, 0.717) is 19.4 Å². The van der Waals surface area contributed by atoms with Crippen molar-refractivity contribution in [1.82, 2.24) is 0 Å². The highest BCUT2D eigenvalue weighted by Crippen LogP contribution is 2.13. The first kappa shape index (κ1) is 62.6. The summed E-state index contributed by atoms with van der Waals surface area (Å²) in [5, 5.41) is 0. The minimum atomic E-state index is -0.565. The zero-order chi connectivity index (χ0) is 47.7. The van der Waals surface area contributed by atoms with Gasteiger partial charge in [0, 0.05) is 19.4 Å². The molecule has 0 saturated carbocycles. The van der Waals surface area contributed by atoms with Crippen LogP contribution < -0.4 is 0 Å². The van der Waals surface area contributed by atoms with Gasteiger partial charge in [0.15, 0.2) is 6.10 Å². The van der Waals surface area contributed by atoms with Crippen LogP contribution in [0.3, 0.4) is 0 Å². The van der Waals surface area contributed by atoms with Crippen molar-refractivity contribution in [3.8, 4) is 0 Å². The first-order valence-corrected chi connectivity index (χ1v) is 27.4. The van der Waals surface area contributed by atoms with Gasteiger partial charge in [-0.3, -0.25) is 9.59 Å². The zero-order valence-electron chi connectivity index (χ0n) is 43.2. The van der Waals surface area contributed by atoms with E-state index in [-0.39, 0.29) is 25.2 Å². The summed E-state index contributed by atoms with van der Waals surface area (Å²) in [5.41, 5.74) is 0. The Balaban J connectivity index is 4.35. The molecular formula is C61H102O5. The van der Waals surface area contributed by atoms with E-state index in [1.54, 1.807) is 0 Å². The number of unbranched alkanes of at least 4 members (excludes halogenated alkanes) is 20. The summed E-state index contributed by atoms with van der Waals surface area (Å²) in [4.78, 5) is 25.5. The van der Waals surface area contributed by atoms with Gasteiger partial charge in [0.1, 0.15) is 6.61 Å². The number of carbonyl (C=O) groups is 2. The van der Waals surface area contributed by atoms with E-state index < -0.39 is 6.10 Å². The first-order valence-electron chi connectivity index (χ1n) is 27.4. The molecule has 1 unspecified atom stereocenters. The lowest BCUT2D eigenvalue weighted by Gasteiger charge is -2.18. The van der Waals surface area contributed by atoms with Gasteiger partial charge in [0.25, 0.3) is 0 Å². The van der Waals surface area contributed by atoms with Gasteiger partial charge in [0.2, 0.25) is 0 Å². The Hall–Kier alpha value is -3.44. The van der Waals surface area contributed by atoms with Crippen LogP contribution in [0.2, 0.25) is 0 Å². The summed E-state index contributed by atoms with van der Waals surface area (Å²) in [6.07, 6.45) is 76.7. The molecule has 376 valence electrons. The van der Waals surface area contributed by atoms with Crippen molar-refractivity contribution in [2.24, 2.45) is 0 Å². The summed E-state index contributed by atoms with van der Waals surface area (Å²) in [6.45, 7) is 7.51. The van der Waals surface area contributed by atoms with Gasteiger partial charge < -0.3 is 14.2 Å². The molecule has 0 aromatic rings. The predicted octanol–water partition coefficient (Wildman–Crippen LogP) is 18.8. The van der Waals surface area contributed by atoms with Crippen molar-refractivity contribution in [1.29, 1.82) is 0 Å². The SMILES string of the molecule is CC/C=C\C/C=C\C/C=C\C/C=C\C/C=C\CCCCCCOCC(COC(=O)CCCCCCCCC/C=C\C/C=C\C/C=C\CC)OC(=O)CCCCCCC/C=C\CCCCCC. The molecule has 0 aliphatic heterocycles. The van der Waals surface area contributed by atoms with Crippen LogP contribution in [0.15, 0.2) is 109 Å². The minimum Gasteiger partial charge on any atom is -0.462 e. The second-order valence-corrected chi connectivity index (χ2v) is 17.7. The molecule has 1 atom stereocenters. The molecule has 5 heteroatoms. The quantitative estimate of drug-likeness (QED) is 0.0346. The normalized spacial score (nSPS) is 13.1. The summed E-state index contributed by atoms with van der Waals surface area (Å²) in [5.74, 6) is -0.436. The second-order valence-electron chi connectivity index (χ2n) is 17.7. The smallest absolute Gasteiger partial charge is 0.306 e. The third kappa shape index (κ3) is 53.2. The van der Waals surface area contributed by atoms with E-state index in [1.807, 2.05) is 0 Å². The number of hydrogen-bond donors (Lipinski definition) is 0. The Morgan fingerprint density at radius 3 is 1.11 bits per heavy atom. The molecule has 0 aromatic carbocycles. The largest absolute Gasteiger partial charge is 0.462 e. The predicted molar refractivity (Wildman–Crippen MR) is 288 cm³/mol. The van der Waals surface area contributed by atoms with E-state index >= 15 is 0 Å². The van der Waals surface area contributed by atoms with E-state index in [2.05, 4.69) is 130 Å². The molecule has 0 rings (SSSR count). The van der Waals surface area contributed by atoms with Crippen LogP contribution in [0.1, 0.15) is 239 Å². The van der Waals surface area contributed by atoms with Crippen LogP contribution in [-0.2, 0) is 23.8 Å². The highest BCUT2D eigenvalue weighted by molar-refractivity contribution is 5.70. The average Bonchev–Trinajstić information content (AvgIpc) is 3.32. The van der Waals surface area contributed by atoms with E-state index in [9.17, 15) is 9.59 Å². The number of carbonyl (C=O) groups excluding carboxylic acids is 2. The van der Waals surface area contributed by atoms with Crippen molar-refractivity contribution in [2.45, 2.75) is 245 Å². The van der Waals surface area contributed by atoms with Crippen LogP contribution in [0.4, 0.5) is 0 Å². The Bertz CT molecular complexity index is 1310. The van der Waals surface area contributed by atoms with Crippen molar-refractivity contribution in [3.05, 3.63) is 109 Å². The van der Waals surface area contributed by atoms with Crippen molar-refractivity contribution >= 4 is 11.9 Å². The van der Waals surface area contributed by atoms with Gasteiger partial charge in [-0.15, -0.1) is 0 Å². The van der Waals surface area contributed by atoms with E-state index in [1.165, 1.54) is 77.0 Å². The van der Waals surface area contributed by atoms with Gasteiger partial charge in [-0.25, -0.2) is 0 Å². The van der Waals surface area contributed by atoms with E-state index in [4.69, 9.17) is 14.2 Å². The lowest BCUT2D eigenvalue weighted by atomic mass is 10.1. The maximum Gasteiger partial charge on any atom is 0.306 e. The summed E-state index contributed by atoms with van der Waals surface area (Å²) in [7, 11) is 0. The van der Waals surface area contributed by atoms with Crippen molar-refractivity contribution < 1.29 is 23.8 Å². The maximum absolute atomic E-state index is 12.8. The third-order valence-corrected chi connectivity index (χ3v) is 11.3. The van der Waals surface area contributed by atoms with Crippen LogP contribution in [0.25, 0.3) is 0 Å². The second kappa shape index (κ2) is 55.9. The fourth-order valence-corrected chi connectivity index (χ4v) is 7.25. The molecule has 0 aliphatic rings. The molecule has 0 aromatic heterocycles. The summed E-state index contributed by atoms with van der Waals surface area (Å²) in [6, 6.07) is 0. The molecule has 0 aliphatic carbocycles. The Morgan fingerprint density at radius 2 is 0.682 bits per heavy atom. The number of esters is 2. The monoisotopic (exact) mass is 915 g/mol. The Labute approximate surface area is 408 Å². The lowest BCUT2D eigenvalue weighted by molar-refractivity contribution is -0.163. The zero-order valence-corrected chi connectivity index (χ0v) is 43.2. The highest BCUT2D eigenvalue weighted by Gasteiger charge is 2.17. The number of allylic oxidation sites excluding steroid dienone is 18. The standard InChI is InChI=1S/C61H102O5/c1-4-7-10-13-16-19-22-25-27-29-30-31-33-35-38-41-44-47-50-53-56-64-57-59(66-61(63)55-52-49-46-43-40-36-24-21-18-15-12-9-6-3)58-65-60(62)54-51-48-45-42-39-37-34-32-28-26-23-20-17-14-11-8-5-2/h7-8,10-11,16-17,19-21,24-28,30-31,35,38,59H,4-6,9,12-15,18,22-23,29,32-34,36-37,39-58H2,1-3H3/b10-7-,11-8-,19-16-,20-17-,24-21-,27-25-,28-26-,31-30-,38-35-. The fraction of sp³-hybridized carbons (Fsp3) is 0.672. The molecule has 0 spiro atoms. The minimum absolute atomic E-state index is 0.0605. The van der Waals surface area contributed by atoms with E-state index in [0.717, 1.165) is 128 Å². The molecule has 0 radical (unpaired) electrons. The van der Waals surface area contributed by atoms with Crippen molar-refractivity contribution in [3.63, 3.8) is 0 Å². The van der Waals surface area contributed by atoms with Crippen LogP contribution in [-0.4, -0.2) is 37.9 Å². The number of hydrogen-bond acceptors (Lipinski definition) is 5. The molecule has 66 heavy (non-hydrogen) atoms. The molecule has 0 heterocycles. The summed E-state index contributed by atoms with van der Waals surface area (Å²) < 4.78 is 17.4. The van der Waals surface area contributed by atoms with Crippen LogP contribution in [0, 0.1) is 0 Å². The number of rotatable bonds is 49. The van der Waals surface area contributed by atoms with Gasteiger partial charge in [-0.05, 0) is 122 Å². The molecule has 0 amide bonds. The third-order valence-electron chi connectivity index (χ3n) is 11.3. The first-order chi connectivity index (χ1) is 32.6. The fourth-order valence-electron chi connectivity index (χ4n) is 7.25. The molecule has 0 N–H and O–H groups in total.